The van der Waals surface area contributed by atoms with Crippen molar-refractivity contribution in [3.63, 3.8) is 0 Å². The maximum Gasteiger partial charge on any atom is 0.453 e. The largest absolute Gasteiger partial charge is 0.497 e. The van der Waals surface area contributed by atoms with Crippen molar-refractivity contribution in [2.45, 2.75) is 19.3 Å². The van der Waals surface area contributed by atoms with E-state index in [0.717, 1.165) is 5.56 Å². The molecule has 0 saturated carbocycles. The van der Waals surface area contributed by atoms with Crippen molar-refractivity contribution in [2.75, 3.05) is 13.8 Å². The molecule has 0 saturated heterocycles. The van der Waals surface area contributed by atoms with Crippen molar-refractivity contribution >= 4 is 11.0 Å². The summed E-state index contributed by atoms with van der Waals surface area (Å²) >= 11 is 0. The Morgan fingerprint density at radius 3 is 2.33 bits per heavy atom. The molecule has 0 fully saturated rings. The average Bonchev–Trinajstić information content (AvgIpc) is 2.86. The summed E-state index contributed by atoms with van der Waals surface area (Å²) in [5, 5.41) is -0.0718. The Hall–Kier alpha value is -4.05. The highest BCUT2D eigenvalue weighted by atomic mass is 19.4. The van der Waals surface area contributed by atoms with Gasteiger partial charge in [0, 0.05) is 13.1 Å². The number of fused-ring (bicyclic) bond motifs is 3. The van der Waals surface area contributed by atoms with Crippen LogP contribution >= 0.6 is 0 Å². The van der Waals surface area contributed by atoms with Crippen molar-refractivity contribution in [1.82, 2.24) is 4.90 Å². The lowest BCUT2D eigenvalue weighted by Crippen LogP contribution is -2.32. The van der Waals surface area contributed by atoms with Crippen LogP contribution in [0.15, 0.2) is 69.9 Å². The summed E-state index contributed by atoms with van der Waals surface area (Å²) in [6, 6.07) is 14.5. The fourth-order valence-corrected chi connectivity index (χ4v) is 3.98. The molecular formula is C26H19F4NO5. The minimum Gasteiger partial charge on any atom is -0.497 e. The minimum absolute atomic E-state index is 0.0136. The van der Waals surface area contributed by atoms with E-state index in [2.05, 4.69) is 0 Å². The molecule has 1 aliphatic rings. The predicted octanol–water partition coefficient (Wildman–Crippen LogP) is 6.10. The first-order valence-corrected chi connectivity index (χ1v) is 10.8. The number of hydrogen-bond acceptors (Lipinski definition) is 6. The molecule has 0 amide bonds. The van der Waals surface area contributed by atoms with Gasteiger partial charge in [0.25, 0.3) is 5.76 Å². The topological polar surface area (TPSA) is 61.1 Å². The fourth-order valence-electron chi connectivity index (χ4n) is 3.98. The molecule has 6 nitrogen and oxygen atoms in total. The summed E-state index contributed by atoms with van der Waals surface area (Å²) in [6.07, 6.45) is -5.00. The van der Waals surface area contributed by atoms with E-state index < -0.39 is 23.1 Å². The Balaban J connectivity index is 1.56. The third-order valence-electron chi connectivity index (χ3n) is 5.72. The molecule has 36 heavy (non-hydrogen) atoms. The molecule has 0 unspecified atom stereocenters. The molecule has 10 heteroatoms. The van der Waals surface area contributed by atoms with Crippen LogP contribution in [0.5, 0.6) is 23.0 Å². The number of rotatable bonds is 5. The molecule has 0 aliphatic carbocycles. The van der Waals surface area contributed by atoms with Crippen molar-refractivity contribution in [3.8, 4) is 23.0 Å². The predicted molar refractivity (Wildman–Crippen MR) is 122 cm³/mol. The molecule has 1 aromatic heterocycles. The zero-order valence-corrected chi connectivity index (χ0v) is 18.9. The number of alkyl halides is 3. The highest BCUT2D eigenvalue weighted by Gasteiger charge is 2.41. The highest BCUT2D eigenvalue weighted by molar-refractivity contribution is 5.84. The van der Waals surface area contributed by atoms with Crippen LogP contribution in [0, 0.1) is 5.82 Å². The summed E-state index contributed by atoms with van der Waals surface area (Å²) in [4.78, 5) is 15.0. The minimum atomic E-state index is -5.00. The molecule has 5 rings (SSSR count). The Kier molecular flexibility index (Phi) is 6.05. The lowest BCUT2D eigenvalue weighted by molar-refractivity contribution is -0.154. The third kappa shape index (κ3) is 4.59. The van der Waals surface area contributed by atoms with E-state index in [1.54, 1.807) is 17.0 Å². The van der Waals surface area contributed by atoms with E-state index in [-0.39, 0.29) is 35.8 Å². The summed E-state index contributed by atoms with van der Waals surface area (Å²) in [7, 11) is 1.45. The standard InChI is InChI=1S/C26H19F4NO5/c1-33-17-6-8-18(9-7-17)35-24-22(32)19-10-11-21-20(23(19)36-25(24)26(28,29)30)13-31(14-34-21)12-15-2-4-16(27)5-3-15/h2-11H,12-14H2,1H3. The molecule has 1 aliphatic heterocycles. The molecular weight excluding hydrogens is 482 g/mol. The van der Waals surface area contributed by atoms with Crippen LogP contribution in [0.1, 0.15) is 16.9 Å². The van der Waals surface area contributed by atoms with Gasteiger partial charge >= 0.3 is 6.18 Å². The van der Waals surface area contributed by atoms with Gasteiger partial charge in [-0.3, -0.25) is 9.69 Å². The lowest BCUT2D eigenvalue weighted by Gasteiger charge is -2.29. The van der Waals surface area contributed by atoms with Gasteiger partial charge in [0.05, 0.1) is 18.1 Å². The normalized spacial score (nSPS) is 13.8. The first-order chi connectivity index (χ1) is 17.2. The van der Waals surface area contributed by atoms with Crippen LogP contribution in [-0.4, -0.2) is 18.7 Å². The molecule has 0 N–H and O–H groups in total. The van der Waals surface area contributed by atoms with Crippen LogP contribution in [0.2, 0.25) is 0 Å². The molecule has 0 radical (unpaired) electrons. The Bertz CT molecular complexity index is 1460. The van der Waals surface area contributed by atoms with Gasteiger partial charge in [0.15, 0.2) is 0 Å². The monoisotopic (exact) mass is 501 g/mol. The zero-order valence-electron chi connectivity index (χ0n) is 18.9. The number of methoxy groups -OCH3 is 1. The fraction of sp³-hybridized carbons (Fsp3) is 0.192. The van der Waals surface area contributed by atoms with E-state index in [4.69, 9.17) is 18.6 Å². The molecule has 2 heterocycles. The van der Waals surface area contributed by atoms with Gasteiger partial charge in [-0.2, -0.15) is 13.2 Å². The van der Waals surface area contributed by atoms with E-state index in [9.17, 15) is 22.4 Å². The summed E-state index contributed by atoms with van der Waals surface area (Å²) in [5.74, 6) is -2.07. The van der Waals surface area contributed by atoms with Gasteiger partial charge < -0.3 is 18.6 Å². The van der Waals surface area contributed by atoms with Crippen LogP contribution in [0.25, 0.3) is 11.0 Å². The molecule has 4 aromatic rings. The van der Waals surface area contributed by atoms with Crippen LogP contribution in [0.3, 0.4) is 0 Å². The summed E-state index contributed by atoms with van der Waals surface area (Å²) in [5.41, 5.74) is -0.0932. The van der Waals surface area contributed by atoms with Crippen LogP contribution < -0.4 is 19.6 Å². The number of ether oxygens (including phenoxy) is 3. The molecule has 0 spiro atoms. The number of hydrogen-bond donors (Lipinski definition) is 0. The van der Waals surface area contributed by atoms with E-state index in [0.29, 0.717) is 23.6 Å². The quantitative estimate of drug-likeness (QED) is 0.308. The SMILES string of the molecule is COc1ccc(Oc2c(C(F)(F)F)oc3c4c(ccc3c2=O)OCN(Cc2ccc(F)cc2)C4)cc1. The van der Waals surface area contributed by atoms with Gasteiger partial charge in [0.1, 0.15) is 35.4 Å². The van der Waals surface area contributed by atoms with Gasteiger partial charge in [0.2, 0.25) is 11.2 Å². The van der Waals surface area contributed by atoms with Crippen molar-refractivity contribution in [3.05, 3.63) is 93.6 Å². The number of benzene rings is 3. The lowest BCUT2D eigenvalue weighted by atomic mass is 10.1. The second-order valence-electron chi connectivity index (χ2n) is 8.17. The zero-order chi connectivity index (χ0) is 25.4. The second kappa shape index (κ2) is 9.19. The van der Waals surface area contributed by atoms with Crippen LogP contribution in [-0.2, 0) is 19.3 Å². The van der Waals surface area contributed by atoms with Crippen molar-refractivity contribution < 1.29 is 36.2 Å². The van der Waals surface area contributed by atoms with Crippen molar-refractivity contribution in [1.29, 1.82) is 0 Å². The van der Waals surface area contributed by atoms with E-state index in [1.165, 1.54) is 55.6 Å². The van der Waals surface area contributed by atoms with E-state index in [1.807, 2.05) is 0 Å². The number of halogens is 4. The summed E-state index contributed by atoms with van der Waals surface area (Å²) in [6.45, 7) is 0.666. The molecule has 0 atom stereocenters. The first-order valence-electron chi connectivity index (χ1n) is 10.8. The number of nitrogens with zero attached hydrogens (tertiary/aromatic N) is 1. The first kappa shape index (κ1) is 23.7. The summed E-state index contributed by atoms with van der Waals surface area (Å²) < 4.78 is 76.7. The molecule has 186 valence electrons. The average molecular weight is 501 g/mol. The van der Waals surface area contributed by atoms with Gasteiger partial charge in [-0.25, -0.2) is 4.39 Å². The Morgan fingerprint density at radius 1 is 0.972 bits per heavy atom. The maximum atomic E-state index is 14.0. The van der Waals surface area contributed by atoms with Crippen LogP contribution in [0.4, 0.5) is 17.6 Å². The maximum absolute atomic E-state index is 14.0. The highest BCUT2D eigenvalue weighted by Crippen LogP contribution is 2.41. The molecule has 0 bridgehead atoms. The Labute approximate surface area is 202 Å². The Morgan fingerprint density at radius 2 is 1.67 bits per heavy atom. The smallest absolute Gasteiger partial charge is 0.453 e. The van der Waals surface area contributed by atoms with Crippen molar-refractivity contribution in [2.24, 2.45) is 0 Å². The van der Waals surface area contributed by atoms with E-state index >= 15 is 0 Å². The van der Waals surface area contributed by atoms with Gasteiger partial charge in [-0.1, -0.05) is 12.1 Å². The molecule has 3 aromatic carbocycles. The van der Waals surface area contributed by atoms with Gasteiger partial charge in [-0.05, 0) is 54.1 Å². The third-order valence-corrected chi connectivity index (χ3v) is 5.72. The second-order valence-corrected chi connectivity index (χ2v) is 8.17. The van der Waals surface area contributed by atoms with Gasteiger partial charge in [-0.15, -0.1) is 0 Å².